The highest BCUT2D eigenvalue weighted by Gasteiger charge is 2.31. The predicted octanol–water partition coefficient (Wildman–Crippen LogP) is 5.93. The first kappa shape index (κ1) is 29.4. The van der Waals surface area contributed by atoms with E-state index in [9.17, 15) is 26.6 Å². The summed E-state index contributed by atoms with van der Waals surface area (Å²) in [4.78, 5) is 22.2. The molecule has 0 bridgehead atoms. The molecule has 0 fully saturated rings. The summed E-state index contributed by atoms with van der Waals surface area (Å²) in [6, 6.07) is 18.4. The van der Waals surface area contributed by atoms with Gasteiger partial charge in [0.1, 0.15) is 11.5 Å². The number of rotatable bonds is 11. The van der Waals surface area contributed by atoms with Gasteiger partial charge in [0, 0.05) is 31.3 Å². The molecule has 9 nitrogen and oxygen atoms in total. The largest absolute Gasteiger partial charge is 0.573 e. The molecule has 0 aliphatic rings. The summed E-state index contributed by atoms with van der Waals surface area (Å²) in [6.45, 7) is 0. The van der Waals surface area contributed by atoms with Crippen LogP contribution < -0.4 is 19.7 Å². The second kappa shape index (κ2) is 12.7. The van der Waals surface area contributed by atoms with Gasteiger partial charge in [0.15, 0.2) is 11.6 Å². The van der Waals surface area contributed by atoms with Gasteiger partial charge < -0.3 is 15.0 Å². The van der Waals surface area contributed by atoms with Crippen LogP contribution >= 0.6 is 0 Å². The number of benzene rings is 3. The molecule has 3 aromatic carbocycles. The number of aromatic nitrogens is 2. The Bertz CT molecular complexity index is 1540. The van der Waals surface area contributed by atoms with Crippen molar-refractivity contribution < 1.29 is 35.9 Å². The summed E-state index contributed by atoms with van der Waals surface area (Å²) >= 11 is -2.24. The van der Waals surface area contributed by atoms with Crippen LogP contribution in [0.1, 0.15) is 11.1 Å². The van der Waals surface area contributed by atoms with Gasteiger partial charge in [0.05, 0.1) is 11.9 Å². The summed E-state index contributed by atoms with van der Waals surface area (Å²) in [5.41, 5.74) is 2.71. The van der Waals surface area contributed by atoms with Crippen molar-refractivity contribution in [1.29, 1.82) is 0 Å². The lowest BCUT2D eigenvalue weighted by molar-refractivity contribution is -0.274. The van der Waals surface area contributed by atoms with Crippen molar-refractivity contribution in [2.75, 3.05) is 22.0 Å². The van der Waals surface area contributed by atoms with Gasteiger partial charge >= 0.3 is 6.36 Å². The second-order valence-electron chi connectivity index (χ2n) is 8.73. The Balaban J connectivity index is 1.39. The molecule has 1 unspecified atom stereocenters. The Kier molecular flexibility index (Phi) is 9.14. The van der Waals surface area contributed by atoms with Crippen LogP contribution in [0.2, 0.25) is 0 Å². The lowest BCUT2D eigenvalue weighted by Gasteiger charge is -2.20. The number of Topliss-reactive ketones (excluding diaryl/α,β-unsaturated/α-hetero) is 1. The third-order valence-electron chi connectivity index (χ3n) is 5.65. The van der Waals surface area contributed by atoms with E-state index >= 15 is 0 Å². The van der Waals surface area contributed by atoms with E-state index in [0.29, 0.717) is 28.2 Å². The third kappa shape index (κ3) is 8.71. The number of anilines is 5. The molecule has 0 spiro atoms. The van der Waals surface area contributed by atoms with Crippen molar-refractivity contribution in [3.8, 4) is 5.75 Å². The monoisotopic (exact) mass is 589 g/mol. The molecule has 0 amide bonds. The molecule has 0 aliphatic carbocycles. The molecule has 1 atom stereocenters. The predicted molar refractivity (Wildman–Crippen MR) is 146 cm³/mol. The Hall–Kier alpha value is -4.56. The fourth-order valence-electron chi connectivity index (χ4n) is 3.83. The zero-order valence-electron chi connectivity index (χ0n) is 21.4. The molecule has 14 heteroatoms. The van der Waals surface area contributed by atoms with Crippen LogP contribution in [0.25, 0.3) is 0 Å². The average molecular weight is 590 g/mol. The normalized spacial score (nSPS) is 12.0. The maximum absolute atomic E-state index is 14.6. The Morgan fingerprint density at radius 3 is 2.22 bits per heavy atom. The SMILES string of the molecule is CN(c1ccc(CC(=O)Cc2ccc(OC(F)(F)F)cc2)cc1)c1nc(Nc2cccc(NS(=O)O)c2)ncc1F. The van der Waals surface area contributed by atoms with Gasteiger partial charge in [0.25, 0.3) is 11.3 Å². The summed E-state index contributed by atoms with van der Waals surface area (Å²) < 4.78 is 77.7. The first-order valence-corrected chi connectivity index (χ1v) is 13.0. The minimum Gasteiger partial charge on any atom is -0.406 e. The molecule has 1 aromatic heterocycles. The van der Waals surface area contributed by atoms with Gasteiger partial charge in [-0.3, -0.25) is 14.1 Å². The van der Waals surface area contributed by atoms with Gasteiger partial charge in [-0.05, 0) is 53.6 Å². The fraction of sp³-hybridized carbons (Fsp3) is 0.148. The average Bonchev–Trinajstić information content (AvgIpc) is 2.90. The van der Waals surface area contributed by atoms with Crippen LogP contribution in [-0.4, -0.2) is 37.9 Å². The molecular weight excluding hydrogens is 566 g/mol. The number of ether oxygens (including phenoxy) is 1. The van der Waals surface area contributed by atoms with Gasteiger partial charge in [-0.15, -0.1) is 13.2 Å². The van der Waals surface area contributed by atoms with Gasteiger partial charge in [-0.2, -0.15) is 4.98 Å². The molecule has 0 aliphatic heterocycles. The molecule has 214 valence electrons. The minimum absolute atomic E-state index is 0.0185. The van der Waals surface area contributed by atoms with Crippen LogP contribution in [-0.2, 0) is 28.9 Å². The number of carbonyl (C=O) groups excluding carboxylic acids is 1. The van der Waals surface area contributed by atoms with E-state index in [0.717, 1.165) is 18.3 Å². The van der Waals surface area contributed by atoms with E-state index in [4.69, 9.17) is 4.55 Å². The standard InChI is InChI=1S/C27H23F4N5O4S/c1-36(25-24(28)16-32-26(34-25)33-19-3-2-4-20(15-19)35-41(38)39)21-9-5-17(6-10-21)13-22(37)14-18-7-11-23(12-8-18)40-27(29,30)31/h2-12,15-16,35H,13-14H2,1H3,(H,38,39)(H,32,33,34). The Morgan fingerprint density at radius 1 is 1.00 bits per heavy atom. The number of hydrogen-bond acceptors (Lipinski definition) is 7. The van der Waals surface area contributed by atoms with E-state index in [1.165, 1.54) is 17.0 Å². The third-order valence-corrected chi connectivity index (χ3v) is 6.06. The Morgan fingerprint density at radius 2 is 1.61 bits per heavy atom. The quantitative estimate of drug-likeness (QED) is 0.146. The summed E-state index contributed by atoms with van der Waals surface area (Å²) in [6.07, 6.45) is -3.64. The van der Waals surface area contributed by atoms with E-state index < -0.39 is 23.4 Å². The van der Waals surface area contributed by atoms with E-state index in [2.05, 4.69) is 24.7 Å². The zero-order valence-corrected chi connectivity index (χ0v) is 22.2. The number of ketones is 1. The molecule has 3 N–H and O–H groups in total. The van der Waals surface area contributed by atoms with Crippen molar-refractivity contribution in [2.24, 2.45) is 0 Å². The van der Waals surface area contributed by atoms with E-state index in [-0.39, 0.29) is 36.1 Å². The van der Waals surface area contributed by atoms with Crippen LogP contribution in [0.5, 0.6) is 5.75 Å². The van der Waals surface area contributed by atoms with Gasteiger partial charge in [-0.25, -0.2) is 13.6 Å². The smallest absolute Gasteiger partial charge is 0.406 e. The van der Waals surface area contributed by atoms with Crippen LogP contribution in [0.3, 0.4) is 0 Å². The highest BCUT2D eigenvalue weighted by molar-refractivity contribution is 7.80. The highest BCUT2D eigenvalue weighted by atomic mass is 32.2. The van der Waals surface area contributed by atoms with Crippen molar-refractivity contribution in [2.45, 2.75) is 19.2 Å². The maximum Gasteiger partial charge on any atom is 0.573 e. The number of carbonyl (C=O) groups is 1. The van der Waals surface area contributed by atoms with E-state index in [1.807, 2.05) is 0 Å². The minimum atomic E-state index is -4.79. The van der Waals surface area contributed by atoms with Gasteiger partial charge in [-0.1, -0.05) is 30.3 Å². The summed E-state index contributed by atoms with van der Waals surface area (Å²) in [5.74, 6) is -1.10. The number of hydrogen-bond donors (Lipinski definition) is 3. The fourth-order valence-corrected chi connectivity index (χ4v) is 4.16. The van der Waals surface area contributed by atoms with Crippen LogP contribution in [0, 0.1) is 5.82 Å². The molecular formula is C27H23F4N5O4S. The van der Waals surface area contributed by atoms with Gasteiger partial charge in [0.2, 0.25) is 5.95 Å². The number of alkyl halides is 3. The lowest BCUT2D eigenvalue weighted by Crippen LogP contribution is -2.17. The van der Waals surface area contributed by atoms with Crippen molar-refractivity contribution in [3.63, 3.8) is 0 Å². The van der Waals surface area contributed by atoms with Crippen molar-refractivity contribution >= 4 is 45.9 Å². The molecule has 4 aromatic rings. The van der Waals surface area contributed by atoms with Crippen LogP contribution in [0.15, 0.2) is 79.0 Å². The van der Waals surface area contributed by atoms with Crippen LogP contribution in [0.4, 0.5) is 46.4 Å². The molecule has 4 rings (SSSR count). The summed E-state index contributed by atoms with van der Waals surface area (Å²) in [7, 11) is 1.61. The second-order valence-corrected chi connectivity index (χ2v) is 9.43. The molecule has 0 saturated heterocycles. The summed E-state index contributed by atoms with van der Waals surface area (Å²) in [5, 5.41) is 2.92. The zero-order chi connectivity index (χ0) is 29.6. The molecule has 41 heavy (non-hydrogen) atoms. The lowest BCUT2D eigenvalue weighted by atomic mass is 10.0. The van der Waals surface area contributed by atoms with E-state index in [1.54, 1.807) is 55.6 Å². The van der Waals surface area contributed by atoms with Crippen molar-refractivity contribution in [1.82, 2.24) is 9.97 Å². The molecule has 0 radical (unpaired) electrons. The molecule has 1 heterocycles. The Labute approximate surface area is 234 Å². The number of halogens is 4. The number of nitrogens with one attached hydrogen (secondary N) is 2. The first-order valence-electron chi connectivity index (χ1n) is 11.9. The first-order chi connectivity index (χ1) is 19.4. The maximum atomic E-state index is 14.6. The van der Waals surface area contributed by atoms with Crippen molar-refractivity contribution in [3.05, 3.63) is 95.9 Å². The highest BCUT2D eigenvalue weighted by Crippen LogP contribution is 2.27. The number of nitrogens with zero attached hydrogens (tertiary/aromatic N) is 3. The molecule has 0 saturated carbocycles. The topological polar surface area (TPSA) is 117 Å².